The predicted molar refractivity (Wildman–Crippen MR) is 87.2 cm³/mol. The van der Waals surface area contributed by atoms with E-state index in [4.69, 9.17) is 11.6 Å². The van der Waals surface area contributed by atoms with E-state index in [-0.39, 0.29) is 5.91 Å². The molecule has 112 valence electrons. The minimum Gasteiger partial charge on any atom is -0.347 e. The Morgan fingerprint density at radius 1 is 1.23 bits per heavy atom. The molecule has 0 saturated carbocycles. The molecule has 3 rings (SSSR count). The molecule has 0 fully saturated rings. The van der Waals surface area contributed by atoms with Crippen molar-refractivity contribution in [1.82, 2.24) is 14.7 Å². The van der Waals surface area contributed by atoms with Gasteiger partial charge < -0.3 is 9.72 Å². The van der Waals surface area contributed by atoms with Crippen LogP contribution in [0.25, 0.3) is 5.52 Å². The van der Waals surface area contributed by atoms with Gasteiger partial charge in [-0.05, 0) is 29.8 Å². The Morgan fingerprint density at radius 3 is 2.73 bits per heavy atom. The number of nitrogens with zero attached hydrogens (tertiary/aromatic N) is 2. The summed E-state index contributed by atoms with van der Waals surface area (Å²) in [5.41, 5.74) is 2.29. The molecule has 22 heavy (non-hydrogen) atoms. The molecule has 0 atom stereocenters. The Labute approximate surface area is 133 Å². The summed E-state index contributed by atoms with van der Waals surface area (Å²) in [6.07, 6.45) is 2.70. The van der Waals surface area contributed by atoms with Crippen LogP contribution in [0.1, 0.15) is 28.8 Å². The third kappa shape index (κ3) is 2.83. The maximum absolute atomic E-state index is 12.4. The zero-order chi connectivity index (χ0) is 15.5. The molecule has 1 N–H and O–H groups in total. The minimum absolute atomic E-state index is 0.168. The van der Waals surface area contributed by atoms with E-state index in [1.807, 2.05) is 60.0 Å². The average Bonchev–Trinajstić information content (AvgIpc) is 2.93. The first kappa shape index (κ1) is 14.6. The fourth-order valence-corrected chi connectivity index (χ4v) is 2.51. The monoisotopic (exact) mass is 313 g/mol. The van der Waals surface area contributed by atoms with Crippen molar-refractivity contribution in [2.24, 2.45) is 0 Å². The number of carbonyl (C=O) groups excluding carboxylic acids is 1. The highest BCUT2D eigenvalue weighted by molar-refractivity contribution is 6.30. The summed E-state index contributed by atoms with van der Waals surface area (Å²) >= 11 is 5.85. The summed E-state index contributed by atoms with van der Waals surface area (Å²) in [6, 6.07) is 13.2. The number of amides is 1. The molecule has 0 bridgehead atoms. The van der Waals surface area contributed by atoms with E-state index in [1.165, 1.54) is 0 Å². The number of aryl methyl sites for hydroxylation is 1. The molecule has 3 aromatic rings. The number of imidazole rings is 1. The van der Waals surface area contributed by atoms with Crippen LogP contribution in [0.3, 0.4) is 0 Å². The number of fused-ring (bicyclic) bond motifs is 1. The van der Waals surface area contributed by atoms with Crippen molar-refractivity contribution < 1.29 is 4.79 Å². The van der Waals surface area contributed by atoms with E-state index in [1.54, 1.807) is 0 Å². The van der Waals surface area contributed by atoms with Crippen LogP contribution in [0.15, 0.2) is 48.7 Å². The fourth-order valence-electron chi connectivity index (χ4n) is 2.39. The van der Waals surface area contributed by atoms with Gasteiger partial charge in [0.25, 0.3) is 5.91 Å². The van der Waals surface area contributed by atoms with Gasteiger partial charge in [-0.15, -0.1) is 0 Å². The molecule has 0 saturated heterocycles. The molecule has 0 radical (unpaired) electrons. The molecule has 0 aliphatic carbocycles. The highest BCUT2D eigenvalue weighted by atomic mass is 35.5. The van der Waals surface area contributed by atoms with Crippen molar-refractivity contribution in [3.8, 4) is 0 Å². The molecule has 0 aliphatic heterocycles. The lowest BCUT2D eigenvalue weighted by Crippen LogP contribution is -2.23. The van der Waals surface area contributed by atoms with Crippen LogP contribution in [0.2, 0.25) is 5.02 Å². The molecule has 1 amide bonds. The molecular formula is C17H16ClN3O. The van der Waals surface area contributed by atoms with Crippen molar-refractivity contribution in [3.63, 3.8) is 0 Å². The van der Waals surface area contributed by atoms with Crippen LogP contribution in [0.4, 0.5) is 0 Å². The Morgan fingerprint density at radius 2 is 2.00 bits per heavy atom. The summed E-state index contributed by atoms with van der Waals surface area (Å²) in [5, 5.41) is 3.59. The Kier molecular flexibility index (Phi) is 4.11. The van der Waals surface area contributed by atoms with Crippen LogP contribution < -0.4 is 5.32 Å². The van der Waals surface area contributed by atoms with Gasteiger partial charge in [0, 0.05) is 24.2 Å². The molecule has 0 aliphatic rings. The van der Waals surface area contributed by atoms with Crippen molar-refractivity contribution in [2.75, 3.05) is 0 Å². The number of halogens is 1. The Bertz CT molecular complexity index is 808. The van der Waals surface area contributed by atoms with E-state index >= 15 is 0 Å². The van der Waals surface area contributed by atoms with Gasteiger partial charge in [0.15, 0.2) is 5.69 Å². The van der Waals surface area contributed by atoms with Gasteiger partial charge in [-0.2, -0.15) is 0 Å². The number of hydrogen-bond acceptors (Lipinski definition) is 2. The molecule has 1 aromatic carbocycles. The zero-order valence-corrected chi connectivity index (χ0v) is 13.0. The molecule has 4 nitrogen and oxygen atoms in total. The molecule has 2 heterocycles. The summed E-state index contributed by atoms with van der Waals surface area (Å²) < 4.78 is 1.96. The smallest absolute Gasteiger partial charge is 0.272 e. The van der Waals surface area contributed by atoms with E-state index in [0.29, 0.717) is 17.3 Å². The summed E-state index contributed by atoms with van der Waals surface area (Å²) in [7, 11) is 0. The van der Waals surface area contributed by atoms with E-state index in [9.17, 15) is 4.79 Å². The van der Waals surface area contributed by atoms with Crippen LogP contribution in [-0.2, 0) is 13.0 Å². The van der Waals surface area contributed by atoms with Crippen molar-refractivity contribution in [1.29, 1.82) is 0 Å². The number of rotatable bonds is 4. The second-order valence-electron chi connectivity index (χ2n) is 5.00. The standard InChI is InChI=1S/C17H16ClN3O/c1-2-15-20-16(14-5-3-4-10-21(14)15)17(22)19-11-12-6-8-13(18)9-7-12/h3-10H,2,11H2,1H3,(H,19,22). The van der Waals surface area contributed by atoms with Crippen LogP contribution >= 0.6 is 11.6 Å². The van der Waals surface area contributed by atoms with Gasteiger partial charge in [0.05, 0.1) is 5.52 Å². The SMILES string of the molecule is CCc1nc(C(=O)NCc2ccc(Cl)cc2)c2ccccn12. The number of hydrogen-bond donors (Lipinski definition) is 1. The van der Waals surface area contributed by atoms with Gasteiger partial charge in [-0.1, -0.05) is 36.7 Å². The third-order valence-corrected chi connectivity index (χ3v) is 3.77. The number of pyridine rings is 1. The van der Waals surface area contributed by atoms with Crippen molar-refractivity contribution >= 4 is 23.0 Å². The quantitative estimate of drug-likeness (QED) is 0.801. The first-order valence-electron chi connectivity index (χ1n) is 7.17. The summed E-state index contributed by atoms with van der Waals surface area (Å²) in [5.74, 6) is 0.714. The number of aromatic nitrogens is 2. The first-order valence-corrected chi connectivity index (χ1v) is 7.55. The second-order valence-corrected chi connectivity index (χ2v) is 5.43. The van der Waals surface area contributed by atoms with Crippen LogP contribution in [0.5, 0.6) is 0 Å². The van der Waals surface area contributed by atoms with Gasteiger partial charge >= 0.3 is 0 Å². The average molecular weight is 314 g/mol. The molecular weight excluding hydrogens is 298 g/mol. The largest absolute Gasteiger partial charge is 0.347 e. The number of carbonyl (C=O) groups is 1. The lowest BCUT2D eigenvalue weighted by Gasteiger charge is -2.04. The van der Waals surface area contributed by atoms with E-state index < -0.39 is 0 Å². The maximum atomic E-state index is 12.4. The molecule has 0 spiro atoms. The van der Waals surface area contributed by atoms with E-state index in [0.717, 1.165) is 23.3 Å². The Balaban J connectivity index is 1.82. The maximum Gasteiger partial charge on any atom is 0.272 e. The van der Waals surface area contributed by atoms with E-state index in [2.05, 4.69) is 10.3 Å². The topological polar surface area (TPSA) is 46.4 Å². The second kappa shape index (κ2) is 6.20. The highest BCUT2D eigenvalue weighted by Crippen LogP contribution is 2.14. The molecule has 5 heteroatoms. The summed E-state index contributed by atoms with van der Waals surface area (Å²) in [6.45, 7) is 2.47. The van der Waals surface area contributed by atoms with Crippen molar-refractivity contribution in [3.05, 3.63) is 70.8 Å². The fraction of sp³-hybridized carbons (Fsp3) is 0.176. The third-order valence-electron chi connectivity index (χ3n) is 3.52. The van der Waals surface area contributed by atoms with Gasteiger partial charge in [0.1, 0.15) is 5.82 Å². The molecule has 2 aromatic heterocycles. The van der Waals surface area contributed by atoms with Crippen LogP contribution in [-0.4, -0.2) is 15.3 Å². The van der Waals surface area contributed by atoms with Crippen molar-refractivity contribution in [2.45, 2.75) is 19.9 Å². The minimum atomic E-state index is -0.168. The first-order chi connectivity index (χ1) is 10.7. The van der Waals surface area contributed by atoms with Gasteiger partial charge in [-0.25, -0.2) is 4.98 Å². The zero-order valence-electron chi connectivity index (χ0n) is 12.2. The lowest BCUT2D eigenvalue weighted by molar-refractivity contribution is 0.0948. The molecule has 0 unspecified atom stereocenters. The number of benzene rings is 1. The van der Waals surface area contributed by atoms with Crippen LogP contribution in [0, 0.1) is 0 Å². The summed E-state index contributed by atoms with van der Waals surface area (Å²) in [4.78, 5) is 16.9. The number of nitrogens with one attached hydrogen (secondary N) is 1. The van der Waals surface area contributed by atoms with Gasteiger partial charge in [-0.3, -0.25) is 4.79 Å². The normalized spacial score (nSPS) is 10.8. The Hall–Kier alpha value is -2.33. The predicted octanol–water partition coefficient (Wildman–Crippen LogP) is 3.48. The highest BCUT2D eigenvalue weighted by Gasteiger charge is 2.15. The lowest BCUT2D eigenvalue weighted by atomic mass is 10.2. The van der Waals surface area contributed by atoms with Gasteiger partial charge in [0.2, 0.25) is 0 Å².